The third-order valence-corrected chi connectivity index (χ3v) is 18.0. The second-order valence-corrected chi connectivity index (χ2v) is 20.4. The number of hydrogen-bond acceptors (Lipinski definition) is 3. The molecule has 0 aliphatic heterocycles. The molecule has 0 saturated carbocycles. The van der Waals surface area contributed by atoms with Gasteiger partial charge >= 0.3 is 0 Å². The molecule has 298 valence electrons. The van der Waals surface area contributed by atoms with Crippen LogP contribution in [0.3, 0.4) is 0 Å². The fraction of sp³-hybridized carbons (Fsp3) is 0.150. The van der Waals surface area contributed by atoms with E-state index in [1.54, 1.807) is 0 Å². The highest BCUT2D eigenvalue weighted by Crippen LogP contribution is 2.75. The van der Waals surface area contributed by atoms with Gasteiger partial charge < -0.3 is 4.40 Å². The van der Waals surface area contributed by atoms with Gasteiger partial charge in [0.25, 0.3) is 0 Å². The predicted molar refractivity (Wildman–Crippen MR) is 248 cm³/mol. The number of aromatic nitrogens is 1. The topological polar surface area (TPSA) is 55.6 Å². The van der Waals surface area contributed by atoms with E-state index >= 15 is 14.4 Å². The summed E-state index contributed by atoms with van der Waals surface area (Å²) in [6, 6.07) is 53.9. The Bertz CT molecular complexity index is 4050. The van der Waals surface area contributed by atoms with Gasteiger partial charge in [0.1, 0.15) is 0 Å². The van der Waals surface area contributed by atoms with Crippen molar-refractivity contribution >= 4 is 55.4 Å². The fourth-order valence-corrected chi connectivity index (χ4v) is 15.8. The molecule has 0 saturated heterocycles. The third-order valence-electron chi connectivity index (χ3n) is 18.0. The Morgan fingerprint density at radius 1 is 0.406 bits per heavy atom. The Labute approximate surface area is 367 Å². The molecule has 0 fully saturated rings. The van der Waals surface area contributed by atoms with Gasteiger partial charge in [-0.05, 0) is 97.1 Å². The third kappa shape index (κ3) is 3.02. The van der Waals surface area contributed by atoms with Crippen molar-refractivity contribution in [2.45, 2.75) is 53.8 Å². The average molecular weight is 818 g/mol. The SMILES string of the molecule is CC1(C)c2ccccc2C(=O)c2cc3c4cc5c(cc4n4c6cc7c(cc6c(c21)c34)C1c2ccccc2C12c1ccccc1C2C7=O)C(=O)C1c2ccccc2C12c1ccccc1C52. The van der Waals surface area contributed by atoms with Crippen LogP contribution in [0.25, 0.3) is 38.1 Å². The summed E-state index contributed by atoms with van der Waals surface area (Å²) in [7, 11) is 0. The lowest BCUT2D eigenvalue weighted by Gasteiger charge is -2.64. The monoisotopic (exact) mass is 817 g/mol. The minimum absolute atomic E-state index is 0.0318. The quantitative estimate of drug-likeness (QED) is 0.153. The molecule has 2 aromatic heterocycles. The van der Waals surface area contributed by atoms with Gasteiger partial charge in [-0.25, -0.2) is 0 Å². The number of benzene rings is 8. The molecule has 10 aromatic rings. The van der Waals surface area contributed by atoms with Crippen molar-refractivity contribution in [3.63, 3.8) is 0 Å². The van der Waals surface area contributed by atoms with E-state index in [1.165, 1.54) is 33.4 Å². The smallest absolute Gasteiger partial charge is 0.193 e. The van der Waals surface area contributed by atoms with Crippen molar-refractivity contribution in [3.05, 3.63) is 241 Å². The van der Waals surface area contributed by atoms with E-state index in [0.29, 0.717) is 0 Å². The normalized spacial score (nSPS) is 26.0. The summed E-state index contributed by atoms with van der Waals surface area (Å²) in [5.41, 5.74) is 18.8. The van der Waals surface area contributed by atoms with Crippen LogP contribution < -0.4 is 0 Å². The van der Waals surface area contributed by atoms with Gasteiger partial charge in [0.2, 0.25) is 0 Å². The summed E-state index contributed by atoms with van der Waals surface area (Å²) in [6.45, 7) is 4.52. The maximum Gasteiger partial charge on any atom is 0.193 e. The fourth-order valence-electron chi connectivity index (χ4n) is 15.8. The molecule has 0 amide bonds. The molecule has 6 unspecified atom stereocenters. The van der Waals surface area contributed by atoms with Gasteiger partial charge in [-0.15, -0.1) is 0 Å². The first-order chi connectivity index (χ1) is 31.3. The molecule has 0 N–H and O–H groups in total. The molecule has 17 rings (SSSR count). The first-order valence-corrected chi connectivity index (χ1v) is 22.8. The van der Waals surface area contributed by atoms with Crippen LogP contribution in [-0.4, -0.2) is 21.8 Å². The largest absolute Gasteiger partial charge is 0.308 e. The minimum atomic E-state index is -0.511. The van der Waals surface area contributed by atoms with Crippen LogP contribution >= 0.6 is 0 Å². The minimum Gasteiger partial charge on any atom is -0.308 e. The molecular weight excluding hydrogens is 783 g/mol. The van der Waals surface area contributed by atoms with Crippen LogP contribution in [-0.2, 0) is 16.2 Å². The molecular formula is C60H35NO3. The second kappa shape index (κ2) is 10.0. The number of rotatable bonds is 0. The molecule has 4 heteroatoms. The molecule has 6 atom stereocenters. The molecule has 0 bridgehead atoms. The number of carbonyl (C=O) groups is 3. The maximum absolute atomic E-state index is 15.4. The zero-order valence-corrected chi connectivity index (χ0v) is 34.9. The molecule has 8 aromatic carbocycles. The lowest BCUT2D eigenvalue weighted by molar-refractivity contribution is 0.0839. The number of carbonyl (C=O) groups excluding carboxylic acids is 3. The summed E-state index contributed by atoms with van der Waals surface area (Å²) >= 11 is 0. The summed E-state index contributed by atoms with van der Waals surface area (Å²) < 4.78 is 2.36. The van der Waals surface area contributed by atoms with Crippen molar-refractivity contribution in [1.29, 1.82) is 0 Å². The van der Waals surface area contributed by atoms with Gasteiger partial charge in [0.15, 0.2) is 17.3 Å². The van der Waals surface area contributed by atoms with E-state index in [2.05, 4.69) is 152 Å². The Hall–Kier alpha value is -7.43. The molecule has 2 spiro atoms. The lowest BCUT2D eigenvalue weighted by Crippen LogP contribution is -2.61. The van der Waals surface area contributed by atoms with Crippen LogP contribution in [0.2, 0.25) is 0 Å². The van der Waals surface area contributed by atoms with Crippen molar-refractivity contribution in [2.24, 2.45) is 0 Å². The Morgan fingerprint density at radius 3 is 1.38 bits per heavy atom. The van der Waals surface area contributed by atoms with Gasteiger partial charge in [0.05, 0.1) is 28.4 Å². The van der Waals surface area contributed by atoms with E-state index in [9.17, 15) is 0 Å². The van der Waals surface area contributed by atoms with Gasteiger partial charge in [-0.1, -0.05) is 135 Å². The molecule has 2 heterocycles. The average Bonchev–Trinajstić information content (AvgIpc) is 3.79. The molecule has 64 heavy (non-hydrogen) atoms. The number of Topliss-reactive ketones (excluding diaryl/α,β-unsaturated/α-hetero) is 2. The van der Waals surface area contributed by atoms with Crippen molar-refractivity contribution in [1.82, 2.24) is 4.40 Å². The van der Waals surface area contributed by atoms with Crippen LogP contribution in [0.15, 0.2) is 152 Å². The number of fused-ring (bicyclic) bond motifs is 21. The maximum atomic E-state index is 15.4. The summed E-state index contributed by atoms with van der Waals surface area (Å²) in [5.74, 6) is -0.0317. The van der Waals surface area contributed by atoms with E-state index in [4.69, 9.17) is 0 Å². The molecule has 7 aliphatic carbocycles. The lowest BCUT2D eigenvalue weighted by atomic mass is 9.36. The van der Waals surface area contributed by atoms with E-state index in [1.807, 2.05) is 18.2 Å². The van der Waals surface area contributed by atoms with Crippen molar-refractivity contribution in [2.75, 3.05) is 0 Å². The zero-order valence-electron chi connectivity index (χ0n) is 34.9. The first kappa shape index (κ1) is 33.2. The van der Waals surface area contributed by atoms with Crippen molar-refractivity contribution < 1.29 is 14.4 Å². The second-order valence-electron chi connectivity index (χ2n) is 20.4. The molecule has 7 aliphatic rings. The zero-order chi connectivity index (χ0) is 42.1. The standard InChI is InChI=1S/C60H35NO3/c1-58(2)41-18-8-7-17-32(41)55(62)40-25-36-33-23-34-37(56(63)52-30-15-5-11-21-44(30)59(52)42-19-9-3-13-28(42)49(34)59)26-46(33)61-47-27-38-35(24-39(47)48(51(40)58)54(36)61)50-29-14-4-10-20-43(29)60(50)45-22-12-6-16-31(45)53(60)57(38)64/h3-27,49-50,52-53H,1-2H3. The van der Waals surface area contributed by atoms with Gasteiger partial charge in [-0.2, -0.15) is 0 Å². The Balaban J connectivity index is 1.02. The van der Waals surface area contributed by atoms with E-state index in [0.717, 1.165) is 93.7 Å². The van der Waals surface area contributed by atoms with E-state index < -0.39 is 5.41 Å². The number of nitrogens with zero attached hydrogens (tertiary/aromatic N) is 1. The van der Waals surface area contributed by atoms with Crippen LogP contribution in [0.5, 0.6) is 0 Å². The summed E-state index contributed by atoms with van der Waals surface area (Å²) in [6.07, 6.45) is 0. The van der Waals surface area contributed by atoms with Crippen molar-refractivity contribution in [3.8, 4) is 0 Å². The predicted octanol–water partition coefficient (Wildman–Crippen LogP) is 12.2. The van der Waals surface area contributed by atoms with Crippen LogP contribution in [0, 0.1) is 0 Å². The van der Waals surface area contributed by atoms with E-state index in [-0.39, 0.29) is 51.9 Å². The Morgan fingerprint density at radius 2 is 0.844 bits per heavy atom. The van der Waals surface area contributed by atoms with Crippen LogP contribution in [0.1, 0.15) is 141 Å². The highest BCUT2D eigenvalue weighted by atomic mass is 16.1. The number of ketones is 3. The van der Waals surface area contributed by atoms with Gasteiger partial charge in [-0.3, -0.25) is 14.4 Å². The molecule has 4 nitrogen and oxygen atoms in total. The highest BCUT2D eigenvalue weighted by Gasteiger charge is 2.70. The highest BCUT2D eigenvalue weighted by molar-refractivity contribution is 6.30. The van der Waals surface area contributed by atoms with Crippen LogP contribution in [0.4, 0.5) is 0 Å². The first-order valence-electron chi connectivity index (χ1n) is 22.8. The molecule has 0 radical (unpaired) electrons. The summed E-state index contributed by atoms with van der Waals surface area (Å²) in [5, 5.41) is 4.18. The Kier molecular flexibility index (Phi) is 5.19. The number of hydrogen-bond donors (Lipinski definition) is 0. The van der Waals surface area contributed by atoms with Gasteiger partial charge in [0, 0.05) is 71.9 Å². The summed E-state index contributed by atoms with van der Waals surface area (Å²) in [4.78, 5) is 45.7.